The number of phenols is 1. The number of rotatable bonds is 6. The van der Waals surface area contributed by atoms with Crippen molar-refractivity contribution in [1.82, 2.24) is 0 Å². The van der Waals surface area contributed by atoms with Crippen LogP contribution in [0.15, 0.2) is 46.6 Å². The molecule has 1 aliphatic heterocycles. The van der Waals surface area contributed by atoms with Gasteiger partial charge in [0.25, 0.3) is 0 Å². The smallest absolute Gasteiger partial charge is 0.308 e. The number of ether oxygens (including phenoxy) is 1. The van der Waals surface area contributed by atoms with E-state index in [1.54, 1.807) is 13.0 Å². The predicted octanol–water partition coefficient (Wildman–Crippen LogP) is 5.04. The summed E-state index contributed by atoms with van der Waals surface area (Å²) in [4.78, 5) is 25.3. The molecule has 0 saturated heterocycles. The van der Waals surface area contributed by atoms with Gasteiger partial charge in [-0.2, -0.15) is 15.2 Å². The van der Waals surface area contributed by atoms with Crippen molar-refractivity contribution in [3.05, 3.63) is 53.1 Å². The molecular weight excluding hydrogens is 444 g/mol. The number of nitrogens with zero attached hydrogens (tertiary/aromatic N) is 3. The van der Waals surface area contributed by atoms with Gasteiger partial charge in [-0.3, -0.25) is 15.0 Å². The van der Waals surface area contributed by atoms with E-state index in [2.05, 4.69) is 15.6 Å². The van der Waals surface area contributed by atoms with Crippen LogP contribution in [0.5, 0.6) is 5.75 Å². The summed E-state index contributed by atoms with van der Waals surface area (Å²) in [6, 6.07) is 11.2. The fourth-order valence-corrected chi connectivity index (χ4v) is 4.70. The lowest BCUT2D eigenvalue weighted by molar-refractivity contribution is -0.149. The van der Waals surface area contributed by atoms with Crippen molar-refractivity contribution < 1.29 is 19.4 Å². The van der Waals surface area contributed by atoms with Crippen LogP contribution in [0.2, 0.25) is 0 Å². The summed E-state index contributed by atoms with van der Waals surface area (Å²) in [5, 5.41) is 21.0. The van der Waals surface area contributed by atoms with Crippen LogP contribution in [0.4, 0.5) is 11.4 Å². The molecule has 1 aliphatic carbocycles. The van der Waals surface area contributed by atoms with Gasteiger partial charge in [-0.05, 0) is 87.8 Å². The maximum absolute atomic E-state index is 13.0. The standard InChI is InChI=1S/C27H32N4O4/c1-5-35-27(34)20-9-6-8-19(15-20)22-10-7-11-23(25(22)32)28-29-24-18(4)30-31(26(24)33)21-13-12-16(2)17(3)14-21/h7,10-14,19-20,28,32H,5-6,8-9,15H2,1-4H3/b29-24-. The van der Waals surface area contributed by atoms with Gasteiger partial charge in [-0.25, -0.2) is 0 Å². The lowest BCUT2D eigenvalue weighted by atomic mass is 9.77. The number of hydrazone groups is 2. The number of carbonyl (C=O) groups excluding carboxylic acids is 2. The lowest BCUT2D eigenvalue weighted by Gasteiger charge is -2.28. The Kier molecular flexibility index (Phi) is 7.19. The summed E-state index contributed by atoms with van der Waals surface area (Å²) in [7, 11) is 0. The van der Waals surface area contributed by atoms with Gasteiger partial charge in [0, 0.05) is 0 Å². The Hall–Kier alpha value is -3.68. The minimum atomic E-state index is -0.335. The SMILES string of the molecule is CCOC(=O)C1CCCC(c2cccc(N/N=C3\C(=O)N(c4ccc(C)c(C)c4)N=C3C)c2O)C1. The van der Waals surface area contributed by atoms with E-state index in [4.69, 9.17) is 4.74 Å². The van der Waals surface area contributed by atoms with Crippen molar-refractivity contribution in [2.45, 2.75) is 59.3 Å². The zero-order chi connectivity index (χ0) is 25.1. The van der Waals surface area contributed by atoms with Crippen LogP contribution >= 0.6 is 0 Å². The van der Waals surface area contributed by atoms with Crippen molar-refractivity contribution in [3.8, 4) is 5.75 Å². The quantitative estimate of drug-likeness (QED) is 0.345. The molecule has 4 rings (SSSR count). The Bertz CT molecular complexity index is 1200. The number of amides is 1. The summed E-state index contributed by atoms with van der Waals surface area (Å²) >= 11 is 0. The van der Waals surface area contributed by atoms with Gasteiger partial charge in [-0.1, -0.05) is 24.6 Å². The van der Waals surface area contributed by atoms with E-state index in [0.717, 1.165) is 36.0 Å². The highest BCUT2D eigenvalue weighted by Gasteiger charge is 2.32. The van der Waals surface area contributed by atoms with Gasteiger partial charge < -0.3 is 9.84 Å². The number of anilines is 2. The molecule has 2 aromatic rings. The Morgan fingerprint density at radius 1 is 1.20 bits per heavy atom. The molecule has 2 atom stereocenters. The van der Waals surface area contributed by atoms with Gasteiger partial charge in [-0.15, -0.1) is 0 Å². The van der Waals surface area contributed by atoms with Gasteiger partial charge in [0.1, 0.15) is 5.75 Å². The number of phenolic OH excluding ortho intramolecular Hbond substituents is 1. The second-order valence-corrected chi connectivity index (χ2v) is 9.20. The summed E-state index contributed by atoms with van der Waals surface area (Å²) in [6.45, 7) is 7.91. The van der Waals surface area contributed by atoms with Crippen molar-refractivity contribution in [2.75, 3.05) is 17.0 Å². The van der Waals surface area contributed by atoms with Crippen molar-refractivity contribution in [3.63, 3.8) is 0 Å². The number of hydrogen-bond acceptors (Lipinski definition) is 7. The predicted molar refractivity (Wildman–Crippen MR) is 137 cm³/mol. The molecule has 0 radical (unpaired) electrons. The van der Waals surface area contributed by atoms with Crippen LogP contribution < -0.4 is 10.4 Å². The first kappa shape index (κ1) is 24.4. The third kappa shape index (κ3) is 5.06. The minimum absolute atomic E-state index is 0.0456. The lowest BCUT2D eigenvalue weighted by Crippen LogP contribution is -2.28. The molecule has 35 heavy (non-hydrogen) atoms. The summed E-state index contributed by atoms with van der Waals surface area (Å²) < 4.78 is 5.21. The van der Waals surface area contributed by atoms with E-state index in [1.165, 1.54) is 5.01 Å². The first-order valence-corrected chi connectivity index (χ1v) is 12.1. The third-order valence-electron chi connectivity index (χ3n) is 6.81. The van der Waals surface area contributed by atoms with Gasteiger partial charge in [0.05, 0.1) is 29.6 Å². The molecule has 2 N–H and O–H groups in total. The molecule has 2 aromatic carbocycles. The molecule has 1 fully saturated rings. The zero-order valence-electron chi connectivity index (χ0n) is 20.7. The van der Waals surface area contributed by atoms with Crippen LogP contribution in [0.25, 0.3) is 0 Å². The molecule has 1 saturated carbocycles. The zero-order valence-corrected chi connectivity index (χ0v) is 20.7. The highest BCUT2D eigenvalue weighted by atomic mass is 16.5. The number of nitrogens with one attached hydrogen (secondary N) is 1. The molecule has 2 unspecified atom stereocenters. The maximum Gasteiger partial charge on any atom is 0.308 e. The molecule has 0 aromatic heterocycles. The van der Waals surface area contributed by atoms with Crippen LogP contribution in [0, 0.1) is 19.8 Å². The average Bonchev–Trinajstić information content (AvgIpc) is 3.13. The van der Waals surface area contributed by atoms with E-state index in [-0.39, 0.29) is 35.2 Å². The van der Waals surface area contributed by atoms with Gasteiger partial charge in [0.15, 0.2) is 5.71 Å². The topological polar surface area (TPSA) is 104 Å². The van der Waals surface area contributed by atoms with Crippen molar-refractivity contribution in [2.24, 2.45) is 16.1 Å². The van der Waals surface area contributed by atoms with E-state index in [9.17, 15) is 14.7 Å². The largest absolute Gasteiger partial charge is 0.505 e. The summed E-state index contributed by atoms with van der Waals surface area (Å²) in [5.74, 6) is -0.531. The Morgan fingerprint density at radius 2 is 2.00 bits per heavy atom. The molecular formula is C27H32N4O4. The number of aromatic hydroxyl groups is 1. The number of para-hydroxylation sites is 1. The molecule has 8 heteroatoms. The van der Waals surface area contributed by atoms with Crippen molar-refractivity contribution in [1.29, 1.82) is 0 Å². The molecule has 0 bridgehead atoms. The number of hydrogen-bond donors (Lipinski definition) is 2. The van der Waals surface area contributed by atoms with E-state index >= 15 is 0 Å². The maximum atomic E-state index is 13.0. The normalized spacial score (nSPS) is 21.3. The van der Waals surface area contributed by atoms with E-state index in [1.807, 2.05) is 51.1 Å². The average molecular weight is 477 g/mol. The number of carbonyl (C=O) groups is 2. The molecule has 1 heterocycles. The van der Waals surface area contributed by atoms with Crippen LogP contribution in [-0.4, -0.2) is 35.0 Å². The highest BCUT2D eigenvalue weighted by molar-refractivity contribution is 6.71. The fraction of sp³-hybridized carbons (Fsp3) is 0.407. The second-order valence-electron chi connectivity index (χ2n) is 9.20. The van der Waals surface area contributed by atoms with Gasteiger partial charge in [0.2, 0.25) is 0 Å². The Labute approximate surface area is 205 Å². The number of benzene rings is 2. The Morgan fingerprint density at radius 3 is 2.74 bits per heavy atom. The number of esters is 1. The number of aryl methyl sites for hydroxylation is 2. The Balaban J connectivity index is 1.51. The summed E-state index contributed by atoms with van der Waals surface area (Å²) in [6.07, 6.45) is 3.22. The molecule has 2 aliphatic rings. The monoisotopic (exact) mass is 476 g/mol. The van der Waals surface area contributed by atoms with Gasteiger partial charge >= 0.3 is 11.9 Å². The van der Waals surface area contributed by atoms with Crippen LogP contribution in [-0.2, 0) is 14.3 Å². The highest BCUT2D eigenvalue weighted by Crippen LogP contribution is 2.42. The van der Waals surface area contributed by atoms with Crippen molar-refractivity contribution >= 4 is 34.7 Å². The molecule has 8 nitrogen and oxygen atoms in total. The van der Waals surface area contributed by atoms with E-state index < -0.39 is 0 Å². The minimum Gasteiger partial charge on any atom is -0.505 e. The fourth-order valence-electron chi connectivity index (χ4n) is 4.70. The van der Waals surface area contributed by atoms with E-state index in [0.29, 0.717) is 30.1 Å². The first-order valence-electron chi connectivity index (χ1n) is 12.1. The first-order chi connectivity index (χ1) is 16.8. The molecule has 0 spiro atoms. The third-order valence-corrected chi connectivity index (χ3v) is 6.81. The second kappa shape index (κ2) is 10.3. The summed E-state index contributed by atoms with van der Waals surface area (Å²) in [5.41, 5.74) is 7.59. The molecule has 1 amide bonds. The molecule has 184 valence electrons. The van der Waals surface area contributed by atoms with Crippen LogP contribution in [0.1, 0.15) is 62.1 Å². The van der Waals surface area contributed by atoms with Crippen LogP contribution in [0.3, 0.4) is 0 Å².